The van der Waals surface area contributed by atoms with Gasteiger partial charge in [-0.25, -0.2) is 9.97 Å². The summed E-state index contributed by atoms with van der Waals surface area (Å²) in [6.45, 7) is 0.785. The fourth-order valence-electron chi connectivity index (χ4n) is 2.24. The Morgan fingerprint density at radius 2 is 1.90 bits per heavy atom. The molecule has 0 amide bonds. The zero-order valence-corrected chi connectivity index (χ0v) is 11.5. The first-order chi connectivity index (χ1) is 10.4. The molecule has 0 atom stereocenters. The third-order valence-corrected chi connectivity index (χ3v) is 3.31. The van der Waals surface area contributed by atoms with Crippen LogP contribution in [-0.2, 0) is 6.42 Å². The van der Waals surface area contributed by atoms with Gasteiger partial charge in [0.05, 0.1) is 17.1 Å². The largest absolute Gasteiger partial charge is 0.369 e. The Labute approximate surface area is 123 Å². The van der Waals surface area contributed by atoms with Crippen LogP contribution in [-0.4, -0.2) is 16.5 Å². The van der Waals surface area contributed by atoms with Gasteiger partial charge in [-0.15, -0.1) is 0 Å². The average molecular weight is 274 g/mol. The van der Waals surface area contributed by atoms with E-state index in [4.69, 9.17) is 5.26 Å². The number of anilines is 1. The van der Waals surface area contributed by atoms with E-state index in [1.54, 1.807) is 12.4 Å². The van der Waals surface area contributed by atoms with Gasteiger partial charge in [-0.2, -0.15) is 5.26 Å². The van der Waals surface area contributed by atoms with Crippen LogP contribution in [0.4, 0.5) is 5.82 Å². The van der Waals surface area contributed by atoms with E-state index < -0.39 is 0 Å². The lowest BCUT2D eigenvalue weighted by molar-refractivity contribution is 1.01. The van der Waals surface area contributed by atoms with Gasteiger partial charge < -0.3 is 5.32 Å². The van der Waals surface area contributed by atoms with E-state index in [-0.39, 0.29) is 0 Å². The fourth-order valence-corrected chi connectivity index (χ4v) is 2.24. The molecule has 3 aromatic rings. The highest BCUT2D eigenvalue weighted by Gasteiger charge is 2.04. The number of aromatic nitrogens is 2. The molecule has 0 unspecified atom stereocenters. The van der Waals surface area contributed by atoms with Crippen LogP contribution in [0.2, 0.25) is 0 Å². The van der Waals surface area contributed by atoms with E-state index in [0.29, 0.717) is 5.56 Å². The van der Waals surface area contributed by atoms with Gasteiger partial charge in [0.25, 0.3) is 0 Å². The van der Waals surface area contributed by atoms with Crippen LogP contribution in [0.15, 0.2) is 54.9 Å². The average Bonchev–Trinajstić information content (AvgIpc) is 2.55. The number of benzene rings is 2. The Hall–Kier alpha value is -2.93. The highest BCUT2D eigenvalue weighted by atomic mass is 15.0. The number of rotatable bonds is 4. The summed E-state index contributed by atoms with van der Waals surface area (Å²) in [5, 5.41) is 13.2. The maximum absolute atomic E-state index is 9.00. The summed E-state index contributed by atoms with van der Waals surface area (Å²) in [6.07, 6.45) is 2.46. The van der Waals surface area contributed by atoms with Crippen LogP contribution in [0.3, 0.4) is 0 Å². The molecule has 0 spiro atoms. The number of nitriles is 1. The second-order valence-electron chi connectivity index (χ2n) is 4.73. The number of fused-ring (bicyclic) bond motifs is 1. The zero-order chi connectivity index (χ0) is 14.5. The summed E-state index contributed by atoms with van der Waals surface area (Å²) in [7, 11) is 0. The van der Waals surface area contributed by atoms with E-state index in [1.165, 1.54) is 5.56 Å². The second-order valence-corrected chi connectivity index (χ2v) is 4.73. The molecule has 3 rings (SSSR count). The van der Waals surface area contributed by atoms with Gasteiger partial charge >= 0.3 is 0 Å². The zero-order valence-electron chi connectivity index (χ0n) is 11.5. The van der Waals surface area contributed by atoms with E-state index in [1.807, 2.05) is 30.3 Å². The molecule has 0 saturated heterocycles. The molecular weight excluding hydrogens is 260 g/mol. The highest BCUT2D eigenvalue weighted by Crippen LogP contribution is 2.20. The Bertz CT molecular complexity index is 791. The van der Waals surface area contributed by atoms with Gasteiger partial charge in [0.15, 0.2) is 0 Å². The van der Waals surface area contributed by atoms with Crippen molar-refractivity contribution < 1.29 is 0 Å². The van der Waals surface area contributed by atoms with E-state index in [0.717, 1.165) is 29.7 Å². The molecule has 2 aromatic carbocycles. The molecule has 0 aliphatic carbocycles. The molecular formula is C17H14N4. The molecule has 0 saturated carbocycles. The summed E-state index contributed by atoms with van der Waals surface area (Å²) in [5.41, 5.74) is 2.73. The third-order valence-electron chi connectivity index (χ3n) is 3.31. The molecule has 4 heteroatoms. The molecule has 0 aliphatic heterocycles. The lowest BCUT2D eigenvalue weighted by Crippen LogP contribution is -2.07. The minimum atomic E-state index is 0.614. The fraction of sp³-hybridized carbons (Fsp3) is 0.118. The first kappa shape index (κ1) is 13.1. The number of nitrogens with zero attached hydrogens (tertiary/aromatic N) is 3. The highest BCUT2D eigenvalue weighted by molar-refractivity contribution is 5.89. The first-order valence-corrected chi connectivity index (χ1v) is 6.79. The van der Waals surface area contributed by atoms with Crippen molar-refractivity contribution in [2.75, 3.05) is 11.9 Å². The number of hydrogen-bond acceptors (Lipinski definition) is 4. The van der Waals surface area contributed by atoms with E-state index >= 15 is 0 Å². The van der Waals surface area contributed by atoms with Crippen LogP contribution >= 0.6 is 0 Å². The van der Waals surface area contributed by atoms with Gasteiger partial charge in [-0.3, -0.25) is 0 Å². The molecule has 0 bridgehead atoms. The lowest BCUT2D eigenvalue weighted by atomic mass is 10.1. The van der Waals surface area contributed by atoms with Crippen molar-refractivity contribution in [1.29, 1.82) is 5.26 Å². The maximum atomic E-state index is 9.00. The van der Waals surface area contributed by atoms with Crippen molar-refractivity contribution in [2.24, 2.45) is 0 Å². The molecule has 0 fully saturated rings. The predicted octanol–water partition coefficient (Wildman–Crippen LogP) is 3.16. The molecule has 0 aliphatic rings. The Kier molecular flexibility index (Phi) is 3.74. The van der Waals surface area contributed by atoms with Crippen LogP contribution in [0.1, 0.15) is 11.1 Å². The van der Waals surface area contributed by atoms with E-state index in [2.05, 4.69) is 33.5 Å². The van der Waals surface area contributed by atoms with Crippen molar-refractivity contribution in [3.8, 4) is 6.07 Å². The maximum Gasteiger partial charge on any atom is 0.137 e. The smallest absolute Gasteiger partial charge is 0.137 e. The van der Waals surface area contributed by atoms with Crippen LogP contribution in [0, 0.1) is 11.3 Å². The minimum Gasteiger partial charge on any atom is -0.369 e. The predicted molar refractivity (Wildman–Crippen MR) is 82.9 cm³/mol. The summed E-state index contributed by atoms with van der Waals surface area (Å²) in [4.78, 5) is 8.50. The Morgan fingerprint density at radius 1 is 1.05 bits per heavy atom. The van der Waals surface area contributed by atoms with Crippen LogP contribution < -0.4 is 5.32 Å². The summed E-state index contributed by atoms with van der Waals surface area (Å²) < 4.78 is 0. The monoisotopic (exact) mass is 274 g/mol. The molecule has 0 radical (unpaired) electrons. The molecule has 1 heterocycles. The van der Waals surface area contributed by atoms with Crippen molar-refractivity contribution in [3.63, 3.8) is 0 Å². The van der Waals surface area contributed by atoms with Crippen molar-refractivity contribution >= 4 is 16.7 Å². The number of hydrogen-bond donors (Lipinski definition) is 1. The molecule has 4 nitrogen and oxygen atoms in total. The summed E-state index contributed by atoms with van der Waals surface area (Å²) in [5.74, 6) is 0.771. The summed E-state index contributed by atoms with van der Waals surface area (Å²) in [6, 6.07) is 17.9. The second kappa shape index (κ2) is 6.02. The Balaban J connectivity index is 1.79. The summed E-state index contributed by atoms with van der Waals surface area (Å²) >= 11 is 0. The van der Waals surface area contributed by atoms with Gasteiger partial charge in [0.1, 0.15) is 12.1 Å². The van der Waals surface area contributed by atoms with Crippen LogP contribution in [0.25, 0.3) is 10.9 Å². The normalized spacial score (nSPS) is 10.2. The minimum absolute atomic E-state index is 0.614. The third kappa shape index (κ3) is 2.98. The van der Waals surface area contributed by atoms with Gasteiger partial charge in [0.2, 0.25) is 0 Å². The first-order valence-electron chi connectivity index (χ1n) is 6.79. The van der Waals surface area contributed by atoms with Gasteiger partial charge in [-0.05, 0) is 30.2 Å². The van der Waals surface area contributed by atoms with E-state index in [9.17, 15) is 0 Å². The standard InChI is InChI=1S/C17H14N4/c18-11-14-6-7-16-15(10-14)17(21-12-20-16)19-9-8-13-4-2-1-3-5-13/h1-7,10,12H,8-9H2,(H,19,20,21). The molecule has 102 valence electrons. The molecule has 1 N–H and O–H groups in total. The lowest BCUT2D eigenvalue weighted by Gasteiger charge is -2.08. The topological polar surface area (TPSA) is 61.6 Å². The Morgan fingerprint density at radius 3 is 2.71 bits per heavy atom. The van der Waals surface area contributed by atoms with Crippen molar-refractivity contribution in [1.82, 2.24) is 9.97 Å². The van der Waals surface area contributed by atoms with Gasteiger partial charge in [-0.1, -0.05) is 30.3 Å². The van der Waals surface area contributed by atoms with Gasteiger partial charge in [0, 0.05) is 11.9 Å². The van der Waals surface area contributed by atoms with Crippen molar-refractivity contribution in [2.45, 2.75) is 6.42 Å². The molecule has 21 heavy (non-hydrogen) atoms. The van der Waals surface area contributed by atoms with Crippen LogP contribution in [0.5, 0.6) is 0 Å². The SMILES string of the molecule is N#Cc1ccc2ncnc(NCCc3ccccc3)c2c1. The van der Waals surface area contributed by atoms with Crippen molar-refractivity contribution in [3.05, 3.63) is 66.0 Å². The molecule has 1 aromatic heterocycles. The number of nitrogens with one attached hydrogen (secondary N) is 1. The quantitative estimate of drug-likeness (QED) is 0.793.